The molecule has 8 nitrogen and oxygen atoms in total. The van der Waals surface area contributed by atoms with Crippen LogP contribution in [0.3, 0.4) is 0 Å². The first-order valence-corrected chi connectivity index (χ1v) is 6.66. The number of aliphatic hydroxyl groups excluding tert-OH is 3. The first kappa shape index (κ1) is 17.3. The highest BCUT2D eigenvalue weighted by Gasteiger charge is 2.21. The normalized spacial score (nSPS) is 12.2. The average molecular weight is 299 g/mol. The summed E-state index contributed by atoms with van der Waals surface area (Å²) in [5.41, 5.74) is 6.58. The average Bonchev–Trinajstić information content (AvgIpc) is 2.46. The van der Waals surface area contributed by atoms with Crippen LogP contribution in [0.1, 0.15) is 18.0 Å². The second-order valence-electron chi connectivity index (χ2n) is 4.55. The van der Waals surface area contributed by atoms with Gasteiger partial charge in [-0.3, -0.25) is 10.1 Å². The van der Waals surface area contributed by atoms with E-state index in [1.54, 1.807) is 17.0 Å². The van der Waals surface area contributed by atoms with Crippen molar-refractivity contribution < 1.29 is 20.2 Å². The lowest BCUT2D eigenvalue weighted by Gasteiger charge is -2.23. The maximum absolute atomic E-state index is 11.2. The van der Waals surface area contributed by atoms with E-state index in [0.717, 1.165) is 0 Å². The van der Waals surface area contributed by atoms with E-state index < -0.39 is 11.0 Å². The van der Waals surface area contributed by atoms with E-state index >= 15 is 0 Å². The number of nitro benzene ring substituents is 1. The van der Waals surface area contributed by atoms with Crippen molar-refractivity contribution in [3.63, 3.8) is 0 Å². The summed E-state index contributed by atoms with van der Waals surface area (Å²) in [6, 6.07) is 3.96. The summed E-state index contributed by atoms with van der Waals surface area (Å²) in [6.07, 6.45) is 0.233. The second kappa shape index (κ2) is 8.53. The Balaban J connectivity index is 3.14. The molecule has 0 aromatic heterocycles. The van der Waals surface area contributed by atoms with Crippen LogP contribution in [0, 0.1) is 10.1 Å². The first-order valence-electron chi connectivity index (χ1n) is 6.66. The van der Waals surface area contributed by atoms with Gasteiger partial charge in [0.1, 0.15) is 0 Å². The lowest BCUT2D eigenvalue weighted by Crippen LogP contribution is -2.29. The summed E-state index contributed by atoms with van der Waals surface area (Å²) in [6.45, 7) is 0.125. The molecule has 0 amide bonds. The number of hydrogen-bond donors (Lipinski definition) is 4. The van der Waals surface area contributed by atoms with Crippen LogP contribution in [0.25, 0.3) is 0 Å². The molecule has 21 heavy (non-hydrogen) atoms. The van der Waals surface area contributed by atoms with Gasteiger partial charge in [-0.15, -0.1) is 0 Å². The predicted octanol–water partition coefficient (Wildman–Crippen LogP) is -0.232. The quantitative estimate of drug-likeness (QED) is 0.365. The minimum absolute atomic E-state index is 0.125. The van der Waals surface area contributed by atoms with Crippen molar-refractivity contribution in [1.29, 1.82) is 0 Å². The van der Waals surface area contributed by atoms with Crippen molar-refractivity contribution in [2.75, 3.05) is 37.8 Å². The van der Waals surface area contributed by atoms with Crippen molar-refractivity contribution in [2.24, 2.45) is 5.73 Å². The molecule has 5 N–H and O–H groups in total. The molecule has 1 rings (SSSR count). The van der Waals surface area contributed by atoms with Crippen LogP contribution in [0.2, 0.25) is 0 Å². The number of benzene rings is 1. The van der Waals surface area contributed by atoms with Gasteiger partial charge in [0.15, 0.2) is 0 Å². The Labute approximate surface area is 122 Å². The molecule has 1 aromatic rings. The van der Waals surface area contributed by atoms with Gasteiger partial charge in [0, 0.05) is 43.1 Å². The van der Waals surface area contributed by atoms with Crippen LogP contribution in [0.15, 0.2) is 18.2 Å². The summed E-state index contributed by atoms with van der Waals surface area (Å²) in [5, 5.41) is 38.1. The SMILES string of the molecule is NC(CCO)c1ccc(N(CCO)CCO)cc1[N+](=O)[O-]. The molecular formula is C13H21N3O5. The summed E-state index contributed by atoms with van der Waals surface area (Å²) in [5.74, 6) is 0. The van der Waals surface area contributed by atoms with Crippen molar-refractivity contribution in [2.45, 2.75) is 12.5 Å². The predicted molar refractivity (Wildman–Crippen MR) is 78.1 cm³/mol. The smallest absolute Gasteiger partial charge is 0.276 e. The van der Waals surface area contributed by atoms with E-state index in [1.807, 2.05) is 0 Å². The van der Waals surface area contributed by atoms with E-state index in [9.17, 15) is 10.1 Å². The lowest BCUT2D eigenvalue weighted by atomic mass is 10.0. The van der Waals surface area contributed by atoms with Gasteiger partial charge in [-0.1, -0.05) is 0 Å². The largest absolute Gasteiger partial charge is 0.396 e. The highest BCUT2D eigenvalue weighted by Crippen LogP contribution is 2.30. The van der Waals surface area contributed by atoms with E-state index in [0.29, 0.717) is 11.3 Å². The summed E-state index contributed by atoms with van der Waals surface area (Å²) >= 11 is 0. The fraction of sp³-hybridized carbons (Fsp3) is 0.538. The molecule has 1 aromatic carbocycles. The van der Waals surface area contributed by atoms with Gasteiger partial charge in [0.25, 0.3) is 5.69 Å². The molecule has 0 radical (unpaired) electrons. The molecule has 0 fully saturated rings. The van der Waals surface area contributed by atoms with Crippen LogP contribution in [-0.4, -0.2) is 53.2 Å². The maximum Gasteiger partial charge on any atom is 0.276 e. The molecule has 0 aliphatic heterocycles. The molecule has 1 atom stereocenters. The number of rotatable bonds is 9. The van der Waals surface area contributed by atoms with Gasteiger partial charge in [-0.25, -0.2) is 0 Å². The fourth-order valence-electron chi connectivity index (χ4n) is 2.11. The Morgan fingerprint density at radius 2 is 1.81 bits per heavy atom. The Morgan fingerprint density at radius 3 is 2.29 bits per heavy atom. The molecule has 118 valence electrons. The van der Waals surface area contributed by atoms with Crippen LogP contribution in [0.4, 0.5) is 11.4 Å². The van der Waals surface area contributed by atoms with E-state index in [-0.39, 0.29) is 45.0 Å². The van der Waals surface area contributed by atoms with Crippen molar-refractivity contribution in [3.05, 3.63) is 33.9 Å². The van der Waals surface area contributed by atoms with Crippen LogP contribution < -0.4 is 10.6 Å². The highest BCUT2D eigenvalue weighted by molar-refractivity contribution is 5.57. The van der Waals surface area contributed by atoms with Crippen molar-refractivity contribution in [3.8, 4) is 0 Å². The Hall–Kier alpha value is -1.74. The maximum atomic E-state index is 11.2. The van der Waals surface area contributed by atoms with Crippen LogP contribution in [-0.2, 0) is 0 Å². The number of anilines is 1. The van der Waals surface area contributed by atoms with Gasteiger partial charge in [0.05, 0.1) is 18.1 Å². The molecule has 0 saturated heterocycles. The molecule has 8 heteroatoms. The molecular weight excluding hydrogens is 278 g/mol. The monoisotopic (exact) mass is 299 g/mol. The minimum Gasteiger partial charge on any atom is -0.396 e. The third-order valence-electron chi connectivity index (χ3n) is 3.16. The number of nitro groups is 1. The number of nitrogens with two attached hydrogens (primary N) is 1. The van der Waals surface area contributed by atoms with E-state index in [2.05, 4.69) is 0 Å². The van der Waals surface area contributed by atoms with Crippen molar-refractivity contribution in [1.82, 2.24) is 0 Å². The van der Waals surface area contributed by atoms with Gasteiger partial charge in [0.2, 0.25) is 0 Å². The molecule has 0 aliphatic rings. The molecule has 0 bridgehead atoms. The molecule has 0 saturated carbocycles. The molecule has 0 aliphatic carbocycles. The summed E-state index contributed by atoms with van der Waals surface area (Å²) < 4.78 is 0. The summed E-state index contributed by atoms with van der Waals surface area (Å²) in [4.78, 5) is 12.3. The van der Waals surface area contributed by atoms with E-state index in [1.165, 1.54) is 6.07 Å². The number of aliphatic hydroxyl groups is 3. The third kappa shape index (κ3) is 4.64. The third-order valence-corrected chi connectivity index (χ3v) is 3.16. The topological polar surface area (TPSA) is 133 Å². The van der Waals surface area contributed by atoms with Gasteiger partial charge in [-0.05, 0) is 18.6 Å². The van der Waals surface area contributed by atoms with Crippen LogP contribution in [0.5, 0.6) is 0 Å². The minimum atomic E-state index is -0.617. The molecule has 1 unspecified atom stereocenters. The molecule has 0 spiro atoms. The zero-order valence-electron chi connectivity index (χ0n) is 11.7. The lowest BCUT2D eigenvalue weighted by molar-refractivity contribution is -0.385. The highest BCUT2D eigenvalue weighted by atomic mass is 16.6. The Kier molecular flexibility index (Phi) is 7.03. The fourth-order valence-corrected chi connectivity index (χ4v) is 2.11. The van der Waals surface area contributed by atoms with Gasteiger partial charge >= 0.3 is 0 Å². The Morgan fingerprint density at radius 1 is 1.19 bits per heavy atom. The zero-order chi connectivity index (χ0) is 15.8. The zero-order valence-corrected chi connectivity index (χ0v) is 11.7. The Bertz CT molecular complexity index is 463. The van der Waals surface area contributed by atoms with E-state index in [4.69, 9.17) is 21.1 Å². The number of nitrogens with zero attached hydrogens (tertiary/aromatic N) is 2. The van der Waals surface area contributed by atoms with Crippen LogP contribution >= 0.6 is 0 Å². The van der Waals surface area contributed by atoms with Gasteiger partial charge < -0.3 is 26.0 Å². The van der Waals surface area contributed by atoms with Gasteiger partial charge in [-0.2, -0.15) is 0 Å². The number of hydrogen-bond acceptors (Lipinski definition) is 7. The standard InChI is InChI=1S/C13H21N3O5/c14-12(3-6-17)11-2-1-10(9-13(11)16(20)21)15(4-7-18)5-8-19/h1-2,9,12,17-19H,3-8,14H2. The summed E-state index contributed by atoms with van der Waals surface area (Å²) in [7, 11) is 0. The molecule has 0 heterocycles. The first-order chi connectivity index (χ1) is 10.0. The van der Waals surface area contributed by atoms with Crippen molar-refractivity contribution >= 4 is 11.4 Å². The second-order valence-corrected chi connectivity index (χ2v) is 4.55.